The van der Waals surface area contributed by atoms with Crippen molar-refractivity contribution in [2.45, 2.75) is 141 Å². The van der Waals surface area contributed by atoms with Crippen LogP contribution in [0.2, 0.25) is 0 Å². The summed E-state index contributed by atoms with van der Waals surface area (Å²) in [5.41, 5.74) is 29.3. The molecule has 1 saturated carbocycles. The molecule has 324 valence electrons. The van der Waals surface area contributed by atoms with Gasteiger partial charge in [0.05, 0.1) is 36.9 Å². The van der Waals surface area contributed by atoms with Crippen molar-refractivity contribution in [3.05, 3.63) is 11.8 Å². The molecule has 0 spiro atoms. The quantitative estimate of drug-likeness (QED) is 0.0688. The third kappa shape index (κ3) is 10.5. The molecule has 4 aliphatic heterocycles. The van der Waals surface area contributed by atoms with E-state index in [1.165, 1.54) is 0 Å². The van der Waals surface area contributed by atoms with E-state index in [4.69, 9.17) is 57.1 Å². The van der Waals surface area contributed by atoms with E-state index in [-0.39, 0.29) is 19.5 Å². The van der Waals surface area contributed by atoms with Crippen molar-refractivity contribution in [3.63, 3.8) is 0 Å². The summed E-state index contributed by atoms with van der Waals surface area (Å²) in [6, 6.07) is -4.22. The van der Waals surface area contributed by atoms with Gasteiger partial charge >= 0.3 is 0 Å². The Hall–Kier alpha value is -1.79. The maximum Gasteiger partial charge on any atom is 0.251 e. The normalized spacial score (nSPS) is 42.7. The lowest BCUT2D eigenvalue weighted by atomic mass is 9.83. The zero-order valence-corrected chi connectivity index (χ0v) is 31.1. The first-order valence-electron chi connectivity index (χ1n) is 19.0. The number of carbonyl (C=O) groups excluding carboxylic acids is 1. The molecule has 1 aliphatic carbocycles. The minimum atomic E-state index is -1.94. The molecule has 1 unspecified atom stereocenters. The molecule has 0 aromatic rings. The Bertz CT molecular complexity index is 1290. The van der Waals surface area contributed by atoms with Gasteiger partial charge < -0.3 is 114 Å². The molecule has 1 amide bonds. The van der Waals surface area contributed by atoms with E-state index < -0.39 is 135 Å². The second kappa shape index (κ2) is 20.0. The average molecular weight is 811 g/mol. The van der Waals surface area contributed by atoms with Crippen LogP contribution in [0, 0.1) is 0 Å². The molecule has 18 atom stereocenters. The number of aliphatic hydroxyl groups excluding tert-OH is 7. The van der Waals surface area contributed by atoms with Crippen LogP contribution in [0.4, 0.5) is 0 Å². The summed E-state index contributed by atoms with van der Waals surface area (Å²) in [4.78, 5) is 12.8. The van der Waals surface area contributed by atoms with Gasteiger partial charge in [-0.05, 0) is 44.8 Å². The first-order valence-corrected chi connectivity index (χ1v) is 19.0. The topological polar surface area (TPSA) is 400 Å². The highest BCUT2D eigenvalue weighted by Gasteiger charge is 2.54. The standard InChI is InChI=1S/C33H62N8O15/c34-8-17(43)22(45)29(49)41-16-7-15(37)26(54-30-14(36)2-1-13(51-30)10-40-12-33(50)3-5-39-6-4-33)28(21(16)44)56-32-25(48)27(19(11-42)53-32)55-31-20(38)24(47)23(46)18(9-35)52-31/h1,14-28,30-32,39-40,42-48,50H,2-12,34-38H2,(H,41,49)/t14-,15+,16-,17-,18+,19-,20-,21+,22?,23-,24-,25-,26-,27-,28-,30-,31-,32+/m1/s1. The summed E-state index contributed by atoms with van der Waals surface area (Å²) >= 11 is 0. The molecule has 0 bridgehead atoms. The van der Waals surface area contributed by atoms with Gasteiger partial charge in [0, 0.05) is 25.7 Å². The number of piperidine rings is 1. The molecule has 4 heterocycles. The fourth-order valence-corrected chi connectivity index (χ4v) is 7.55. The van der Waals surface area contributed by atoms with Crippen LogP contribution in [-0.2, 0) is 33.2 Å². The molecule has 23 nitrogen and oxygen atoms in total. The zero-order valence-electron chi connectivity index (χ0n) is 31.1. The number of aliphatic hydroxyl groups is 8. The van der Waals surface area contributed by atoms with E-state index in [0.29, 0.717) is 44.7 Å². The number of hydrogen-bond acceptors (Lipinski definition) is 22. The summed E-state index contributed by atoms with van der Waals surface area (Å²) in [5.74, 6) is -0.573. The van der Waals surface area contributed by atoms with Crippen LogP contribution in [0.5, 0.6) is 0 Å². The minimum Gasteiger partial charge on any atom is -0.467 e. The highest BCUT2D eigenvalue weighted by molar-refractivity contribution is 5.81. The Morgan fingerprint density at radius 3 is 2.21 bits per heavy atom. The number of hydrogen-bond donors (Lipinski definition) is 16. The third-order valence-corrected chi connectivity index (χ3v) is 11.1. The van der Waals surface area contributed by atoms with E-state index in [1.807, 2.05) is 0 Å². The largest absolute Gasteiger partial charge is 0.467 e. The second-order valence-electron chi connectivity index (χ2n) is 15.2. The van der Waals surface area contributed by atoms with Gasteiger partial charge in [0.15, 0.2) is 18.7 Å². The number of carbonyl (C=O) groups is 1. The second-order valence-corrected chi connectivity index (χ2v) is 15.2. The smallest absolute Gasteiger partial charge is 0.251 e. The number of rotatable bonds is 16. The highest BCUT2D eigenvalue weighted by Crippen LogP contribution is 2.34. The molecule has 4 fully saturated rings. The zero-order chi connectivity index (χ0) is 40.9. The van der Waals surface area contributed by atoms with Crippen LogP contribution in [0.25, 0.3) is 0 Å². The lowest BCUT2D eigenvalue weighted by Gasteiger charge is -2.46. The third-order valence-electron chi connectivity index (χ3n) is 11.1. The molecule has 3 saturated heterocycles. The van der Waals surface area contributed by atoms with Gasteiger partial charge in [-0.3, -0.25) is 4.79 Å². The molecule has 0 radical (unpaired) electrons. The Balaban J connectivity index is 1.32. The predicted molar refractivity (Wildman–Crippen MR) is 191 cm³/mol. The molecule has 5 aliphatic rings. The monoisotopic (exact) mass is 810 g/mol. The number of ether oxygens (including phenoxy) is 6. The lowest BCUT2D eigenvalue weighted by Crippen LogP contribution is -2.67. The molecule has 0 aromatic heterocycles. The van der Waals surface area contributed by atoms with E-state index in [0.717, 1.165) is 0 Å². The molecule has 23 heteroatoms. The molecular weight excluding hydrogens is 748 g/mol. The average Bonchev–Trinajstić information content (AvgIpc) is 3.48. The summed E-state index contributed by atoms with van der Waals surface area (Å²) in [6.45, 7) is 0.636. The first-order chi connectivity index (χ1) is 26.6. The van der Waals surface area contributed by atoms with E-state index >= 15 is 0 Å². The van der Waals surface area contributed by atoms with Crippen LogP contribution in [0.3, 0.4) is 0 Å². The van der Waals surface area contributed by atoms with Crippen molar-refractivity contribution < 1.29 is 74.1 Å². The van der Waals surface area contributed by atoms with Crippen molar-refractivity contribution >= 4 is 5.91 Å². The summed E-state index contributed by atoms with van der Waals surface area (Å²) in [7, 11) is 0. The van der Waals surface area contributed by atoms with Crippen LogP contribution in [0.1, 0.15) is 25.7 Å². The summed E-state index contributed by atoms with van der Waals surface area (Å²) in [6.07, 6.45) is -17.3. The van der Waals surface area contributed by atoms with Gasteiger partial charge in [-0.25, -0.2) is 0 Å². The van der Waals surface area contributed by atoms with Gasteiger partial charge in [0.2, 0.25) is 6.29 Å². The summed E-state index contributed by atoms with van der Waals surface area (Å²) in [5, 5.41) is 94.0. The van der Waals surface area contributed by atoms with E-state index in [9.17, 15) is 45.6 Å². The van der Waals surface area contributed by atoms with Crippen molar-refractivity contribution in [1.82, 2.24) is 16.0 Å². The molecule has 56 heavy (non-hydrogen) atoms. The Kier molecular flexibility index (Phi) is 16.2. The van der Waals surface area contributed by atoms with Crippen molar-refractivity contribution in [2.75, 3.05) is 45.9 Å². The Morgan fingerprint density at radius 1 is 0.893 bits per heavy atom. The molecule has 0 aromatic carbocycles. The van der Waals surface area contributed by atoms with Crippen LogP contribution < -0.4 is 44.6 Å². The van der Waals surface area contributed by atoms with Gasteiger partial charge in [0.25, 0.3) is 5.91 Å². The minimum absolute atomic E-state index is 0.130. The predicted octanol–water partition coefficient (Wildman–Crippen LogP) is -9.13. The van der Waals surface area contributed by atoms with E-state index in [1.54, 1.807) is 6.08 Å². The Morgan fingerprint density at radius 2 is 1.55 bits per heavy atom. The fraction of sp³-hybridized carbons (Fsp3) is 0.909. The molecular formula is C33H62N8O15. The molecule has 5 rings (SSSR count). The van der Waals surface area contributed by atoms with Crippen molar-refractivity contribution in [2.24, 2.45) is 28.7 Å². The van der Waals surface area contributed by atoms with Crippen molar-refractivity contribution in [1.29, 1.82) is 0 Å². The van der Waals surface area contributed by atoms with E-state index in [2.05, 4.69) is 16.0 Å². The number of nitrogens with one attached hydrogen (secondary N) is 3. The van der Waals surface area contributed by atoms with Gasteiger partial charge in [-0.2, -0.15) is 0 Å². The lowest BCUT2D eigenvalue weighted by molar-refractivity contribution is -0.282. The van der Waals surface area contributed by atoms with Crippen molar-refractivity contribution in [3.8, 4) is 0 Å². The van der Waals surface area contributed by atoms with Gasteiger partial charge in [0.1, 0.15) is 66.8 Å². The maximum absolute atomic E-state index is 12.8. The number of amides is 1. The van der Waals surface area contributed by atoms with Gasteiger partial charge in [-0.15, -0.1) is 0 Å². The summed E-state index contributed by atoms with van der Waals surface area (Å²) < 4.78 is 36.0. The first kappa shape index (κ1) is 45.3. The fourth-order valence-electron chi connectivity index (χ4n) is 7.55. The number of nitrogens with two attached hydrogens (primary N) is 5. The highest BCUT2D eigenvalue weighted by atomic mass is 16.8. The van der Waals surface area contributed by atoms with Crippen LogP contribution >= 0.6 is 0 Å². The van der Waals surface area contributed by atoms with Gasteiger partial charge in [-0.1, -0.05) is 0 Å². The van der Waals surface area contributed by atoms with Crippen LogP contribution in [-0.4, -0.2) is 208 Å². The molecule has 21 N–H and O–H groups in total. The van der Waals surface area contributed by atoms with Crippen LogP contribution in [0.15, 0.2) is 11.8 Å². The maximum atomic E-state index is 12.8. The SMILES string of the molecule is NC[C@@H](O)C(O)C(=O)N[C@@H]1C[C@H](N)[C@@H](O[C@H]2OC(CNCC3(O)CCNCC3)=CC[C@H]2N)[C@H](O[C@@H]2O[C@H](CO)[C@@H](O[C@H]3O[C@@H](CN)[C@@H](O)[C@H](O)[C@H]3N)[C@H]2O)[C@H]1O. The Labute approximate surface area is 323 Å².